The quantitative estimate of drug-likeness (QED) is 0.814. The van der Waals surface area contributed by atoms with E-state index in [-0.39, 0.29) is 17.7 Å². The number of anilines is 1. The van der Waals surface area contributed by atoms with Gasteiger partial charge in [0.25, 0.3) is 0 Å². The Kier molecular flexibility index (Phi) is 4.73. The number of carbonyl (C=O) groups excluding carboxylic acids is 1. The van der Waals surface area contributed by atoms with E-state index in [0.29, 0.717) is 8.95 Å². The highest BCUT2D eigenvalue weighted by Gasteiger charge is 2.16. The summed E-state index contributed by atoms with van der Waals surface area (Å²) in [4.78, 5) is 22.4. The molecule has 0 saturated carbocycles. The summed E-state index contributed by atoms with van der Waals surface area (Å²) in [5.74, 6) is 0.615. The van der Waals surface area contributed by atoms with Gasteiger partial charge < -0.3 is 10.4 Å². The van der Waals surface area contributed by atoms with Gasteiger partial charge in [-0.15, -0.1) is 6.42 Å². The first-order valence-electron chi connectivity index (χ1n) is 4.41. The minimum Gasteiger partial charge on any atom is -0.478 e. The lowest BCUT2D eigenvalue weighted by molar-refractivity contribution is -0.115. The first-order valence-corrected chi connectivity index (χ1v) is 6.00. The minimum atomic E-state index is -1.14. The largest absolute Gasteiger partial charge is 0.478 e. The maximum Gasteiger partial charge on any atom is 0.337 e. The van der Waals surface area contributed by atoms with E-state index in [1.165, 1.54) is 6.07 Å². The van der Waals surface area contributed by atoms with Crippen molar-refractivity contribution in [1.29, 1.82) is 0 Å². The molecule has 0 heterocycles. The first kappa shape index (κ1) is 13.7. The SMILES string of the molecule is C#CCC(=O)Nc1c(Br)cc(Br)cc1C(=O)O. The molecule has 1 amide bonds. The van der Waals surface area contributed by atoms with Crippen molar-refractivity contribution in [1.82, 2.24) is 0 Å². The molecule has 0 radical (unpaired) electrons. The Hall–Kier alpha value is -1.32. The van der Waals surface area contributed by atoms with Crippen molar-refractivity contribution in [2.75, 3.05) is 5.32 Å². The third-order valence-electron chi connectivity index (χ3n) is 1.81. The first-order chi connectivity index (χ1) is 7.95. The molecule has 1 aromatic carbocycles. The fourth-order valence-electron chi connectivity index (χ4n) is 1.15. The summed E-state index contributed by atoms with van der Waals surface area (Å²) in [7, 11) is 0. The zero-order valence-electron chi connectivity index (χ0n) is 8.46. The van der Waals surface area contributed by atoms with Gasteiger partial charge in [-0.25, -0.2) is 4.79 Å². The van der Waals surface area contributed by atoms with Gasteiger partial charge in [-0.1, -0.05) is 21.9 Å². The second-order valence-electron chi connectivity index (χ2n) is 3.04. The molecular weight excluding hydrogens is 354 g/mol. The highest BCUT2D eigenvalue weighted by molar-refractivity contribution is 9.11. The van der Waals surface area contributed by atoms with Gasteiger partial charge in [0, 0.05) is 8.95 Å². The van der Waals surface area contributed by atoms with Crippen molar-refractivity contribution in [3.8, 4) is 12.3 Å². The lowest BCUT2D eigenvalue weighted by atomic mass is 10.1. The summed E-state index contributed by atoms with van der Waals surface area (Å²) in [6.45, 7) is 0. The van der Waals surface area contributed by atoms with Crippen molar-refractivity contribution in [3.63, 3.8) is 0 Å². The van der Waals surface area contributed by atoms with Crippen LogP contribution < -0.4 is 5.32 Å². The van der Waals surface area contributed by atoms with E-state index in [1.807, 2.05) is 0 Å². The van der Waals surface area contributed by atoms with Crippen LogP contribution in [0.2, 0.25) is 0 Å². The second-order valence-corrected chi connectivity index (χ2v) is 4.81. The van der Waals surface area contributed by atoms with E-state index in [2.05, 4.69) is 43.1 Å². The van der Waals surface area contributed by atoms with Crippen LogP contribution in [0.25, 0.3) is 0 Å². The number of nitrogens with one attached hydrogen (secondary N) is 1. The van der Waals surface area contributed by atoms with Crippen LogP contribution in [0, 0.1) is 12.3 Å². The molecular formula is C11H7Br2NO3. The topological polar surface area (TPSA) is 66.4 Å². The summed E-state index contributed by atoms with van der Waals surface area (Å²) in [6.07, 6.45) is 4.89. The van der Waals surface area contributed by atoms with Gasteiger partial charge in [0.15, 0.2) is 0 Å². The molecule has 0 spiro atoms. The minimum absolute atomic E-state index is 0.0170. The van der Waals surface area contributed by atoms with E-state index in [4.69, 9.17) is 11.5 Å². The molecule has 0 atom stereocenters. The smallest absolute Gasteiger partial charge is 0.337 e. The van der Waals surface area contributed by atoms with Gasteiger partial charge in [0.2, 0.25) is 5.91 Å². The van der Waals surface area contributed by atoms with E-state index in [9.17, 15) is 9.59 Å². The van der Waals surface area contributed by atoms with Crippen LogP contribution in [0.4, 0.5) is 5.69 Å². The molecule has 0 saturated heterocycles. The van der Waals surface area contributed by atoms with Crippen LogP contribution in [0.3, 0.4) is 0 Å². The monoisotopic (exact) mass is 359 g/mol. The highest BCUT2D eigenvalue weighted by Crippen LogP contribution is 2.30. The van der Waals surface area contributed by atoms with Crippen molar-refractivity contribution >= 4 is 49.4 Å². The molecule has 0 bridgehead atoms. The number of aromatic carboxylic acids is 1. The zero-order valence-corrected chi connectivity index (χ0v) is 11.6. The number of rotatable bonds is 3. The zero-order chi connectivity index (χ0) is 13.0. The lowest BCUT2D eigenvalue weighted by Gasteiger charge is -2.10. The molecule has 0 fully saturated rings. The van der Waals surface area contributed by atoms with Crippen molar-refractivity contribution < 1.29 is 14.7 Å². The summed E-state index contributed by atoms with van der Waals surface area (Å²) in [5, 5.41) is 11.5. The number of hydrogen-bond donors (Lipinski definition) is 2. The molecule has 1 aromatic rings. The van der Waals surface area contributed by atoms with Crippen molar-refractivity contribution in [3.05, 3.63) is 26.6 Å². The molecule has 0 aliphatic carbocycles. The van der Waals surface area contributed by atoms with E-state index in [1.54, 1.807) is 6.07 Å². The maximum absolute atomic E-state index is 11.3. The molecule has 0 aliphatic rings. The Labute approximate surface area is 115 Å². The van der Waals surface area contributed by atoms with E-state index < -0.39 is 11.9 Å². The molecule has 0 aliphatic heterocycles. The Morgan fingerprint density at radius 3 is 2.59 bits per heavy atom. The Balaban J connectivity index is 3.18. The normalized spacial score (nSPS) is 9.47. The predicted molar refractivity (Wildman–Crippen MR) is 70.9 cm³/mol. The van der Waals surface area contributed by atoms with Gasteiger partial charge in [0.1, 0.15) is 0 Å². The number of amides is 1. The van der Waals surface area contributed by atoms with Crippen molar-refractivity contribution in [2.45, 2.75) is 6.42 Å². The standard InChI is InChI=1S/C11H7Br2NO3/c1-2-3-9(15)14-10-7(11(16)17)4-6(12)5-8(10)13/h1,4-5H,3H2,(H,14,15)(H,16,17). The van der Waals surface area contributed by atoms with Crippen LogP contribution >= 0.6 is 31.9 Å². The van der Waals surface area contributed by atoms with Gasteiger partial charge in [-0.3, -0.25) is 4.79 Å². The fourth-order valence-corrected chi connectivity index (χ4v) is 2.47. The average Bonchev–Trinajstić information content (AvgIpc) is 2.21. The molecule has 6 heteroatoms. The summed E-state index contributed by atoms with van der Waals surface area (Å²) >= 11 is 6.36. The maximum atomic E-state index is 11.3. The third-order valence-corrected chi connectivity index (χ3v) is 2.90. The number of halogens is 2. The number of benzene rings is 1. The molecule has 0 aromatic heterocycles. The predicted octanol–water partition coefficient (Wildman–Crippen LogP) is 2.87. The van der Waals surface area contributed by atoms with Crippen LogP contribution in [0.5, 0.6) is 0 Å². The molecule has 1 rings (SSSR count). The van der Waals surface area contributed by atoms with Crippen LogP contribution in [0.1, 0.15) is 16.8 Å². The van der Waals surface area contributed by atoms with E-state index in [0.717, 1.165) is 0 Å². The van der Waals surface area contributed by atoms with Crippen LogP contribution in [-0.4, -0.2) is 17.0 Å². The van der Waals surface area contributed by atoms with Crippen molar-refractivity contribution in [2.24, 2.45) is 0 Å². The lowest BCUT2D eigenvalue weighted by Crippen LogP contribution is -2.14. The Morgan fingerprint density at radius 2 is 2.06 bits per heavy atom. The highest BCUT2D eigenvalue weighted by atomic mass is 79.9. The second kappa shape index (κ2) is 5.84. The Morgan fingerprint density at radius 1 is 1.41 bits per heavy atom. The Bertz CT molecular complexity index is 520. The average molecular weight is 361 g/mol. The molecule has 2 N–H and O–H groups in total. The van der Waals surface area contributed by atoms with Gasteiger partial charge >= 0.3 is 5.97 Å². The number of carbonyl (C=O) groups is 2. The van der Waals surface area contributed by atoms with E-state index >= 15 is 0 Å². The van der Waals surface area contributed by atoms with Gasteiger partial charge in [-0.05, 0) is 28.1 Å². The summed E-state index contributed by atoms with van der Waals surface area (Å²) in [6, 6.07) is 3.04. The number of hydrogen-bond acceptors (Lipinski definition) is 2. The molecule has 88 valence electrons. The van der Waals surface area contributed by atoms with Crippen LogP contribution in [-0.2, 0) is 4.79 Å². The molecule has 17 heavy (non-hydrogen) atoms. The van der Waals surface area contributed by atoms with Gasteiger partial charge in [-0.2, -0.15) is 0 Å². The van der Waals surface area contributed by atoms with Crippen LogP contribution in [0.15, 0.2) is 21.1 Å². The molecule has 4 nitrogen and oxygen atoms in total. The fraction of sp³-hybridized carbons (Fsp3) is 0.0909. The number of carboxylic acid groups (broad SMARTS) is 1. The molecule has 0 unspecified atom stereocenters. The number of terminal acetylenes is 1. The summed E-state index contributed by atoms with van der Waals surface area (Å²) in [5.41, 5.74) is 0.178. The third kappa shape index (κ3) is 3.58. The summed E-state index contributed by atoms with van der Waals surface area (Å²) < 4.78 is 1.06. The van der Waals surface area contributed by atoms with Gasteiger partial charge in [0.05, 0.1) is 17.7 Å². The number of carboxylic acids is 1.